The third-order valence-corrected chi connectivity index (χ3v) is 6.23. The summed E-state index contributed by atoms with van der Waals surface area (Å²) in [5, 5.41) is 9.45. The number of hydrogen-bond acceptors (Lipinski definition) is 3. The number of hydrogen-bond donors (Lipinski definition) is 1. The Balaban J connectivity index is 1.83. The minimum absolute atomic E-state index is 0.0426. The summed E-state index contributed by atoms with van der Waals surface area (Å²) in [6.07, 6.45) is 1.92. The summed E-state index contributed by atoms with van der Waals surface area (Å²) in [7, 11) is 0. The van der Waals surface area contributed by atoms with Crippen LogP contribution in [0.2, 0.25) is 0 Å². The van der Waals surface area contributed by atoms with E-state index >= 15 is 0 Å². The maximum Gasteiger partial charge on any atom is 0.336 e. The quantitative estimate of drug-likeness (QED) is 0.735. The summed E-state index contributed by atoms with van der Waals surface area (Å²) in [6.45, 7) is 9.96. The van der Waals surface area contributed by atoms with Crippen LogP contribution in [0.4, 0.5) is 10.1 Å². The van der Waals surface area contributed by atoms with Crippen LogP contribution in [0, 0.1) is 12.7 Å². The van der Waals surface area contributed by atoms with E-state index in [0.29, 0.717) is 29.9 Å². The van der Waals surface area contributed by atoms with Crippen LogP contribution < -0.4 is 4.90 Å². The van der Waals surface area contributed by atoms with Gasteiger partial charge in [0.2, 0.25) is 0 Å². The number of carbonyl (C=O) groups is 1. The zero-order chi connectivity index (χ0) is 21.1. The lowest BCUT2D eigenvalue weighted by atomic mass is 9.90. The van der Waals surface area contributed by atoms with Crippen LogP contribution in [-0.4, -0.2) is 40.6 Å². The van der Waals surface area contributed by atoms with Gasteiger partial charge in [0.05, 0.1) is 5.56 Å². The zero-order valence-corrected chi connectivity index (χ0v) is 17.7. The number of benzene rings is 2. The molecule has 5 heteroatoms. The van der Waals surface area contributed by atoms with Gasteiger partial charge >= 0.3 is 5.97 Å². The van der Waals surface area contributed by atoms with E-state index in [9.17, 15) is 14.3 Å². The summed E-state index contributed by atoms with van der Waals surface area (Å²) in [6, 6.07) is 14.1. The van der Waals surface area contributed by atoms with E-state index in [1.165, 1.54) is 11.6 Å². The fraction of sp³-hybridized carbons (Fsp3) is 0.458. The van der Waals surface area contributed by atoms with Crippen molar-refractivity contribution in [2.24, 2.45) is 0 Å². The molecule has 3 rings (SSSR count). The maximum absolute atomic E-state index is 14.2. The van der Waals surface area contributed by atoms with Gasteiger partial charge in [0.15, 0.2) is 0 Å². The van der Waals surface area contributed by atoms with Gasteiger partial charge in [-0.25, -0.2) is 9.18 Å². The molecule has 2 unspecified atom stereocenters. The Morgan fingerprint density at radius 1 is 1.17 bits per heavy atom. The van der Waals surface area contributed by atoms with E-state index in [2.05, 4.69) is 54.8 Å². The molecule has 29 heavy (non-hydrogen) atoms. The Hall–Kier alpha value is -2.40. The Morgan fingerprint density at radius 2 is 1.79 bits per heavy atom. The Labute approximate surface area is 173 Å². The van der Waals surface area contributed by atoms with Crippen LogP contribution in [0.25, 0.3) is 0 Å². The van der Waals surface area contributed by atoms with Gasteiger partial charge in [-0.15, -0.1) is 0 Å². The van der Waals surface area contributed by atoms with Crippen molar-refractivity contribution >= 4 is 11.7 Å². The maximum atomic E-state index is 14.2. The van der Waals surface area contributed by atoms with Crippen molar-refractivity contribution in [1.29, 1.82) is 0 Å². The lowest BCUT2D eigenvalue weighted by Crippen LogP contribution is -2.53. The van der Waals surface area contributed by atoms with E-state index in [0.717, 1.165) is 25.5 Å². The highest BCUT2D eigenvalue weighted by atomic mass is 19.1. The van der Waals surface area contributed by atoms with Gasteiger partial charge in [0, 0.05) is 36.9 Å². The molecular formula is C24H31FN2O2. The second kappa shape index (κ2) is 8.95. The van der Waals surface area contributed by atoms with Gasteiger partial charge in [-0.3, -0.25) is 4.90 Å². The van der Waals surface area contributed by atoms with Crippen molar-refractivity contribution in [2.75, 3.05) is 11.4 Å². The van der Waals surface area contributed by atoms with Crippen molar-refractivity contribution in [3.05, 3.63) is 65.0 Å². The van der Waals surface area contributed by atoms with Gasteiger partial charge in [-0.05, 0) is 63.8 Å². The zero-order valence-electron chi connectivity index (χ0n) is 17.7. The Kier molecular flexibility index (Phi) is 6.58. The van der Waals surface area contributed by atoms with Crippen LogP contribution >= 0.6 is 0 Å². The number of anilines is 1. The molecule has 0 radical (unpaired) electrons. The summed E-state index contributed by atoms with van der Waals surface area (Å²) in [5.41, 5.74) is 2.68. The first-order valence-electron chi connectivity index (χ1n) is 10.4. The highest BCUT2D eigenvalue weighted by Crippen LogP contribution is 2.33. The second-order valence-electron chi connectivity index (χ2n) is 8.17. The first-order chi connectivity index (χ1) is 13.8. The van der Waals surface area contributed by atoms with Crippen LogP contribution in [0.5, 0.6) is 0 Å². The number of likely N-dealkylation sites (tertiary alicyclic amines) is 1. The third kappa shape index (κ3) is 4.61. The molecule has 0 spiro atoms. The van der Waals surface area contributed by atoms with Crippen LogP contribution in [0.15, 0.2) is 42.5 Å². The monoisotopic (exact) mass is 398 g/mol. The normalized spacial score (nSPS) is 22.4. The van der Waals surface area contributed by atoms with E-state index in [-0.39, 0.29) is 11.6 Å². The SMILES string of the molecule is CCN(c1cc(F)cc(C(=O)O)c1C)C1CC(C)N(Cc2ccccc2)C(C)C1. The highest BCUT2D eigenvalue weighted by molar-refractivity contribution is 5.91. The topological polar surface area (TPSA) is 43.8 Å². The molecular weight excluding hydrogens is 367 g/mol. The van der Waals surface area contributed by atoms with Gasteiger partial charge in [0.25, 0.3) is 0 Å². The van der Waals surface area contributed by atoms with Crippen LogP contribution in [0.3, 0.4) is 0 Å². The molecule has 1 saturated heterocycles. The number of carboxylic acid groups (broad SMARTS) is 1. The molecule has 0 aliphatic carbocycles. The summed E-state index contributed by atoms with van der Waals surface area (Å²) >= 11 is 0. The van der Waals surface area contributed by atoms with Gasteiger partial charge in [-0.2, -0.15) is 0 Å². The van der Waals surface area contributed by atoms with Crippen LogP contribution in [-0.2, 0) is 6.54 Å². The molecule has 1 fully saturated rings. The predicted octanol–water partition coefficient (Wildman–Crippen LogP) is 5.10. The van der Waals surface area contributed by atoms with Gasteiger partial charge in [-0.1, -0.05) is 30.3 Å². The van der Waals surface area contributed by atoms with Gasteiger partial charge in [0.1, 0.15) is 5.82 Å². The molecule has 2 aromatic rings. The average Bonchev–Trinajstić information content (AvgIpc) is 2.68. The fourth-order valence-corrected chi connectivity index (χ4v) is 4.76. The minimum atomic E-state index is -1.08. The molecule has 2 aromatic carbocycles. The molecule has 0 amide bonds. The highest BCUT2D eigenvalue weighted by Gasteiger charge is 2.34. The predicted molar refractivity (Wildman–Crippen MR) is 115 cm³/mol. The van der Waals surface area contributed by atoms with Crippen molar-refractivity contribution in [3.63, 3.8) is 0 Å². The van der Waals surface area contributed by atoms with Gasteiger partial charge < -0.3 is 10.0 Å². The first kappa shape index (κ1) is 21.3. The molecule has 1 aliphatic rings. The van der Waals surface area contributed by atoms with E-state index in [4.69, 9.17) is 0 Å². The molecule has 0 bridgehead atoms. The van der Waals surface area contributed by atoms with Crippen molar-refractivity contribution in [2.45, 2.75) is 65.2 Å². The molecule has 1 N–H and O–H groups in total. The smallest absolute Gasteiger partial charge is 0.336 e. The summed E-state index contributed by atoms with van der Waals surface area (Å²) in [4.78, 5) is 16.3. The molecule has 2 atom stereocenters. The molecule has 0 saturated carbocycles. The largest absolute Gasteiger partial charge is 0.478 e. The van der Waals surface area contributed by atoms with Crippen molar-refractivity contribution < 1.29 is 14.3 Å². The molecule has 156 valence electrons. The van der Waals surface area contributed by atoms with E-state index in [1.54, 1.807) is 6.92 Å². The van der Waals surface area contributed by atoms with E-state index in [1.807, 2.05) is 6.07 Å². The number of halogens is 1. The second-order valence-corrected chi connectivity index (χ2v) is 8.17. The van der Waals surface area contributed by atoms with Crippen molar-refractivity contribution in [3.8, 4) is 0 Å². The average molecular weight is 399 g/mol. The third-order valence-electron chi connectivity index (χ3n) is 6.23. The number of piperidine rings is 1. The number of carboxylic acids is 1. The fourth-order valence-electron chi connectivity index (χ4n) is 4.76. The van der Waals surface area contributed by atoms with Crippen LogP contribution in [0.1, 0.15) is 55.1 Å². The molecule has 4 nitrogen and oxygen atoms in total. The summed E-state index contributed by atoms with van der Waals surface area (Å²) < 4.78 is 14.2. The Morgan fingerprint density at radius 3 is 2.34 bits per heavy atom. The number of rotatable bonds is 6. The first-order valence-corrected chi connectivity index (χ1v) is 10.4. The Bertz CT molecular complexity index is 843. The summed E-state index contributed by atoms with van der Waals surface area (Å²) in [5.74, 6) is -1.58. The number of aromatic carboxylic acids is 1. The minimum Gasteiger partial charge on any atom is -0.478 e. The molecule has 0 aromatic heterocycles. The molecule has 1 aliphatic heterocycles. The lowest BCUT2D eigenvalue weighted by molar-refractivity contribution is 0.0695. The lowest BCUT2D eigenvalue weighted by Gasteiger charge is -2.47. The molecule has 1 heterocycles. The van der Waals surface area contributed by atoms with Crippen molar-refractivity contribution in [1.82, 2.24) is 4.90 Å². The number of nitrogens with zero attached hydrogens (tertiary/aromatic N) is 2. The standard InChI is InChI=1S/C24H31FN2O2/c1-5-26(23-14-20(25)13-22(18(23)4)24(28)29)21-11-16(2)27(17(3)12-21)15-19-9-7-6-8-10-19/h6-10,13-14,16-17,21H,5,11-12,15H2,1-4H3,(H,28,29). The van der Waals surface area contributed by atoms with E-state index < -0.39 is 11.8 Å².